The Morgan fingerprint density at radius 2 is 1.38 bits per heavy atom. The lowest BCUT2D eigenvalue weighted by atomic mass is 10.2. The molecule has 0 fully saturated rings. The van der Waals surface area contributed by atoms with E-state index in [1.54, 1.807) is 24.3 Å². The van der Waals surface area contributed by atoms with E-state index in [0.717, 1.165) is 0 Å². The Hall–Kier alpha value is -3.06. The van der Waals surface area contributed by atoms with Gasteiger partial charge in [0.2, 0.25) is 0 Å². The Kier molecular flexibility index (Phi) is 5.75. The summed E-state index contributed by atoms with van der Waals surface area (Å²) in [6, 6.07) is 12.2. The third-order valence-electron chi connectivity index (χ3n) is 2.91. The van der Waals surface area contributed by atoms with E-state index < -0.39 is 24.5 Å². The lowest BCUT2D eigenvalue weighted by Crippen LogP contribution is -2.29. The molecule has 24 heavy (non-hydrogen) atoms. The van der Waals surface area contributed by atoms with Crippen LogP contribution in [0.3, 0.4) is 0 Å². The van der Waals surface area contributed by atoms with Gasteiger partial charge < -0.3 is 21.1 Å². The summed E-state index contributed by atoms with van der Waals surface area (Å²) >= 11 is 5.76. The Morgan fingerprint density at radius 3 is 1.88 bits per heavy atom. The number of nitrogens with one attached hydrogen (secondary N) is 3. The van der Waals surface area contributed by atoms with Gasteiger partial charge >= 0.3 is 12.0 Å². The molecule has 0 heterocycles. The van der Waals surface area contributed by atoms with Crippen LogP contribution in [0, 0.1) is 0 Å². The molecule has 0 unspecified atom stereocenters. The maximum Gasteiger partial charge on any atom is 0.323 e. The first-order valence-electron chi connectivity index (χ1n) is 6.87. The van der Waals surface area contributed by atoms with Crippen molar-refractivity contribution in [2.75, 3.05) is 17.2 Å². The highest BCUT2D eigenvalue weighted by Crippen LogP contribution is 2.14. The van der Waals surface area contributed by atoms with Crippen molar-refractivity contribution in [3.8, 4) is 0 Å². The zero-order valence-corrected chi connectivity index (χ0v) is 13.1. The molecule has 0 spiro atoms. The third kappa shape index (κ3) is 5.29. The molecule has 7 nitrogen and oxygen atoms in total. The summed E-state index contributed by atoms with van der Waals surface area (Å²) in [5, 5.41) is 16.6. The number of carbonyl (C=O) groups excluding carboxylic acids is 2. The molecule has 2 aromatic rings. The van der Waals surface area contributed by atoms with Crippen molar-refractivity contribution in [1.82, 2.24) is 5.32 Å². The zero-order chi connectivity index (χ0) is 17.5. The van der Waals surface area contributed by atoms with Gasteiger partial charge in [-0.25, -0.2) is 4.79 Å². The van der Waals surface area contributed by atoms with Gasteiger partial charge in [0.25, 0.3) is 5.91 Å². The fraction of sp³-hybridized carbons (Fsp3) is 0.0625. The largest absolute Gasteiger partial charge is 0.480 e. The van der Waals surface area contributed by atoms with Gasteiger partial charge in [-0.3, -0.25) is 9.59 Å². The summed E-state index contributed by atoms with van der Waals surface area (Å²) in [6.07, 6.45) is 0. The summed E-state index contributed by atoms with van der Waals surface area (Å²) in [6.45, 7) is -0.456. The Morgan fingerprint density at radius 1 is 0.875 bits per heavy atom. The van der Waals surface area contributed by atoms with Crippen molar-refractivity contribution < 1.29 is 19.5 Å². The monoisotopic (exact) mass is 347 g/mol. The first-order valence-corrected chi connectivity index (χ1v) is 7.25. The fourth-order valence-corrected chi connectivity index (χ4v) is 1.92. The summed E-state index contributed by atoms with van der Waals surface area (Å²) in [5.41, 5.74) is 1.36. The second kappa shape index (κ2) is 7.98. The topological polar surface area (TPSA) is 108 Å². The molecular formula is C16H14ClN3O4. The van der Waals surface area contributed by atoms with Gasteiger partial charge in [-0.1, -0.05) is 11.6 Å². The Bertz CT molecular complexity index is 745. The maximum atomic E-state index is 11.9. The summed E-state index contributed by atoms with van der Waals surface area (Å²) in [7, 11) is 0. The van der Waals surface area contributed by atoms with E-state index >= 15 is 0 Å². The van der Waals surface area contributed by atoms with E-state index in [0.29, 0.717) is 22.0 Å². The van der Waals surface area contributed by atoms with E-state index in [4.69, 9.17) is 16.7 Å². The van der Waals surface area contributed by atoms with Crippen molar-refractivity contribution in [2.24, 2.45) is 0 Å². The van der Waals surface area contributed by atoms with Crippen LogP contribution in [0.4, 0.5) is 16.2 Å². The molecule has 0 atom stereocenters. The minimum Gasteiger partial charge on any atom is -0.480 e. The van der Waals surface area contributed by atoms with Crippen LogP contribution < -0.4 is 16.0 Å². The first kappa shape index (κ1) is 17.3. The molecule has 8 heteroatoms. The second-order valence-corrected chi connectivity index (χ2v) is 5.18. The van der Waals surface area contributed by atoms with Gasteiger partial charge in [0.1, 0.15) is 6.54 Å². The quantitative estimate of drug-likeness (QED) is 0.667. The highest BCUT2D eigenvalue weighted by molar-refractivity contribution is 6.30. The van der Waals surface area contributed by atoms with Crippen molar-refractivity contribution in [3.05, 3.63) is 59.1 Å². The van der Waals surface area contributed by atoms with Crippen LogP contribution in [-0.2, 0) is 4.79 Å². The summed E-state index contributed by atoms with van der Waals surface area (Å²) in [4.78, 5) is 33.9. The first-order chi connectivity index (χ1) is 11.4. The molecule has 0 saturated heterocycles. The molecule has 2 aromatic carbocycles. The number of carboxylic acid groups (broad SMARTS) is 1. The maximum absolute atomic E-state index is 11.9. The normalized spacial score (nSPS) is 9.88. The molecule has 0 saturated carbocycles. The number of carbonyl (C=O) groups is 3. The molecule has 0 radical (unpaired) electrons. The molecule has 124 valence electrons. The van der Waals surface area contributed by atoms with Crippen molar-refractivity contribution in [2.45, 2.75) is 0 Å². The molecule has 0 aliphatic rings. The number of amides is 3. The van der Waals surface area contributed by atoms with Crippen molar-refractivity contribution in [3.63, 3.8) is 0 Å². The lowest BCUT2D eigenvalue weighted by molar-refractivity contribution is -0.135. The highest BCUT2D eigenvalue weighted by Gasteiger charge is 2.08. The van der Waals surface area contributed by atoms with Gasteiger partial charge in [0.15, 0.2) is 0 Å². The number of benzene rings is 2. The number of anilines is 2. The number of aliphatic carboxylic acids is 1. The minimum absolute atomic E-state index is 0.292. The number of carboxylic acids is 1. The fourth-order valence-electron chi connectivity index (χ4n) is 1.79. The predicted molar refractivity (Wildman–Crippen MR) is 90.5 cm³/mol. The van der Waals surface area contributed by atoms with Crippen LogP contribution in [0.2, 0.25) is 5.02 Å². The summed E-state index contributed by atoms with van der Waals surface area (Å²) < 4.78 is 0. The van der Waals surface area contributed by atoms with Gasteiger partial charge in [0.05, 0.1) is 0 Å². The van der Waals surface area contributed by atoms with Crippen molar-refractivity contribution >= 4 is 40.9 Å². The molecule has 0 aromatic heterocycles. The Balaban J connectivity index is 1.91. The lowest BCUT2D eigenvalue weighted by Gasteiger charge is -2.08. The summed E-state index contributed by atoms with van der Waals surface area (Å²) in [5.74, 6) is -1.63. The number of rotatable bonds is 5. The predicted octanol–water partition coefficient (Wildman–Crippen LogP) is 2.80. The second-order valence-electron chi connectivity index (χ2n) is 4.74. The number of hydrogen-bond donors (Lipinski definition) is 4. The SMILES string of the molecule is O=C(O)CNC(=O)c1ccc(NC(=O)Nc2ccc(Cl)cc2)cc1. The van der Waals surface area contributed by atoms with Gasteiger partial charge in [0, 0.05) is 22.0 Å². The minimum atomic E-state index is -1.12. The van der Waals surface area contributed by atoms with E-state index in [-0.39, 0.29) is 0 Å². The van der Waals surface area contributed by atoms with E-state index in [2.05, 4.69) is 16.0 Å². The molecule has 0 bridgehead atoms. The van der Waals surface area contributed by atoms with Gasteiger partial charge in [-0.15, -0.1) is 0 Å². The number of halogens is 1. The van der Waals surface area contributed by atoms with E-state index in [9.17, 15) is 14.4 Å². The standard InChI is InChI=1S/C16H14ClN3O4/c17-11-3-7-13(8-4-11)20-16(24)19-12-5-1-10(2-6-12)15(23)18-9-14(21)22/h1-8H,9H2,(H,18,23)(H,21,22)(H2,19,20,24). The molecule has 0 aliphatic carbocycles. The molecule has 4 N–H and O–H groups in total. The van der Waals surface area contributed by atoms with Crippen LogP contribution in [0.15, 0.2) is 48.5 Å². The van der Waals surface area contributed by atoms with Crippen LogP contribution in [0.1, 0.15) is 10.4 Å². The smallest absolute Gasteiger partial charge is 0.323 e. The van der Waals surface area contributed by atoms with Crippen LogP contribution >= 0.6 is 11.6 Å². The molecule has 2 rings (SSSR count). The van der Waals surface area contributed by atoms with Crippen molar-refractivity contribution in [1.29, 1.82) is 0 Å². The molecule has 3 amide bonds. The third-order valence-corrected chi connectivity index (χ3v) is 3.16. The van der Waals surface area contributed by atoms with Gasteiger partial charge in [-0.2, -0.15) is 0 Å². The van der Waals surface area contributed by atoms with Crippen LogP contribution in [0.5, 0.6) is 0 Å². The zero-order valence-electron chi connectivity index (χ0n) is 12.4. The van der Waals surface area contributed by atoms with Crippen LogP contribution in [-0.4, -0.2) is 29.6 Å². The molecular weight excluding hydrogens is 334 g/mol. The van der Waals surface area contributed by atoms with E-state index in [1.807, 2.05) is 0 Å². The average Bonchev–Trinajstić information content (AvgIpc) is 2.55. The van der Waals surface area contributed by atoms with Crippen LogP contribution in [0.25, 0.3) is 0 Å². The molecule has 0 aliphatic heterocycles. The van der Waals surface area contributed by atoms with Gasteiger partial charge in [-0.05, 0) is 48.5 Å². The Labute approximate surface area is 142 Å². The number of urea groups is 1. The average molecular weight is 348 g/mol. The number of hydrogen-bond acceptors (Lipinski definition) is 3. The highest BCUT2D eigenvalue weighted by atomic mass is 35.5. The van der Waals surface area contributed by atoms with E-state index in [1.165, 1.54) is 24.3 Å².